The maximum Gasteiger partial charge on any atom is 0.258 e. The summed E-state index contributed by atoms with van der Waals surface area (Å²) in [5, 5.41) is 3.42. The zero-order valence-corrected chi connectivity index (χ0v) is 18.6. The van der Waals surface area contributed by atoms with Crippen LogP contribution in [0.2, 0.25) is 0 Å². The van der Waals surface area contributed by atoms with Gasteiger partial charge in [0.1, 0.15) is 5.82 Å². The molecule has 4 aromatic rings. The van der Waals surface area contributed by atoms with E-state index in [1.54, 1.807) is 47.4 Å². The van der Waals surface area contributed by atoms with Crippen molar-refractivity contribution in [2.45, 2.75) is 25.7 Å². The topological polar surface area (TPSA) is 95.2 Å². The van der Waals surface area contributed by atoms with Crippen LogP contribution in [0.3, 0.4) is 0 Å². The highest BCUT2D eigenvalue weighted by Crippen LogP contribution is 2.29. The van der Waals surface area contributed by atoms with Gasteiger partial charge in [-0.2, -0.15) is 0 Å². The van der Waals surface area contributed by atoms with Crippen LogP contribution < -0.4 is 15.8 Å². The molecule has 0 fully saturated rings. The number of H-pyrrole nitrogens is 1. The third kappa shape index (κ3) is 4.45. The van der Waals surface area contributed by atoms with E-state index in [2.05, 4.69) is 21.4 Å². The zero-order chi connectivity index (χ0) is 23.5. The number of rotatable bonds is 6. The minimum Gasteiger partial charge on any atom is -0.326 e. The van der Waals surface area contributed by atoms with E-state index >= 15 is 0 Å². The van der Waals surface area contributed by atoms with Crippen molar-refractivity contribution in [2.24, 2.45) is 0 Å². The normalized spacial score (nSPS) is 12.5. The second-order valence-corrected chi connectivity index (χ2v) is 8.34. The molecule has 2 heterocycles. The van der Waals surface area contributed by atoms with E-state index in [0.717, 1.165) is 12.1 Å². The number of aromatic amines is 1. The first-order valence-corrected chi connectivity index (χ1v) is 11.4. The maximum atomic E-state index is 12.9. The number of hydrogen-bond acceptors (Lipinski definition) is 4. The number of carbonyl (C=O) groups excluding carboxylic acids is 2. The highest BCUT2D eigenvalue weighted by Gasteiger charge is 2.25. The Morgan fingerprint density at radius 1 is 0.971 bits per heavy atom. The lowest BCUT2D eigenvalue weighted by Gasteiger charge is -2.17. The Balaban J connectivity index is 1.15. The molecule has 34 heavy (non-hydrogen) atoms. The summed E-state index contributed by atoms with van der Waals surface area (Å²) in [6, 6.07) is 22.1. The highest BCUT2D eigenvalue weighted by atomic mass is 16.2. The smallest absolute Gasteiger partial charge is 0.258 e. The van der Waals surface area contributed by atoms with E-state index in [-0.39, 0.29) is 17.4 Å². The summed E-state index contributed by atoms with van der Waals surface area (Å²) in [4.78, 5) is 46.5. The van der Waals surface area contributed by atoms with Gasteiger partial charge >= 0.3 is 0 Å². The monoisotopic (exact) mass is 452 g/mol. The predicted octanol–water partition coefficient (Wildman–Crippen LogP) is 4.09. The van der Waals surface area contributed by atoms with Crippen LogP contribution in [0.15, 0.2) is 77.6 Å². The van der Waals surface area contributed by atoms with Crippen molar-refractivity contribution in [3.05, 3.63) is 100 Å². The zero-order valence-electron chi connectivity index (χ0n) is 18.6. The van der Waals surface area contributed by atoms with Gasteiger partial charge in [0.2, 0.25) is 5.91 Å². The molecule has 5 rings (SSSR count). The number of para-hydroxylation sites is 2. The van der Waals surface area contributed by atoms with E-state index in [1.165, 1.54) is 5.56 Å². The van der Waals surface area contributed by atoms with Crippen LogP contribution in [0.1, 0.15) is 34.6 Å². The minimum absolute atomic E-state index is 0.0419. The van der Waals surface area contributed by atoms with Crippen molar-refractivity contribution in [1.82, 2.24) is 9.97 Å². The van der Waals surface area contributed by atoms with Crippen LogP contribution >= 0.6 is 0 Å². The molecule has 1 aromatic heterocycles. The summed E-state index contributed by atoms with van der Waals surface area (Å²) in [6.45, 7) is 0.675. The third-order valence-electron chi connectivity index (χ3n) is 6.03. The van der Waals surface area contributed by atoms with Gasteiger partial charge < -0.3 is 15.2 Å². The van der Waals surface area contributed by atoms with Crippen molar-refractivity contribution in [3.63, 3.8) is 0 Å². The number of aryl methyl sites for hydroxylation is 1. The van der Waals surface area contributed by atoms with Crippen molar-refractivity contribution in [2.75, 3.05) is 16.8 Å². The fraction of sp³-hybridized carbons (Fsp3) is 0.185. The highest BCUT2D eigenvalue weighted by molar-refractivity contribution is 6.07. The molecule has 0 unspecified atom stereocenters. The van der Waals surface area contributed by atoms with Gasteiger partial charge in [-0.15, -0.1) is 0 Å². The molecule has 0 saturated carbocycles. The van der Waals surface area contributed by atoms with Crippen LogP contribution in [0.5, 0.6) is 0 Å². The molecule has 0 radical (unpaired) electrons. The van der Waals surface area contributed by atoms with Gasteiger partial charge in [0.25, 0.3) is 11.5 Å². The van der Waals surface area contributed by atoms with E-state index in [1.807, 2.05) is 24.3 Å². The van der Waals surface area contributed by atoms with Gasteiger partial charge in [-0.1, -0.05) is 30.3 Å². The first-order valence-electron chi connectivity index (χ1n) is 11.4. The molecule has 2 N–H and O–H groups in total. The van der Waals surface area contributed by atoms with Gasteiger partial charge in [0.15, 0.2) is 0 Å². The Kier molecular flexibility index (Phi) is 5.91. The van der Waals surface area contributed by atoms with Crippen molar-refractivity contribution in [3.8, 4) is 0 Å². The van der Waals surface area contributed by atoms with E-state index in [0.29, 0.717) is 53.8 Å². The number of nitrogens with one attached hydrogen (secondary N) is 2. The lowest BCUT2D eigenvalue weighted by molar-refractivity contribution is -0.116. The molecule has 170 valence electrons. The molecular weight excluding hydrogens is 428 g/mol. The van der Waals surface area contributed by atoms with Gasteiger partial charge in [0.05, 0.1) is 10.9 Å². The molecule has 0 bridgehead atoms. The number of carbonyl (C=O) groups is 2. The molecule has 7 nitrogen and oxygen atoms in total. The lowest BCUT2D eigenvalue weighted by atomic mass is 10.1. The van der Waals surface area contributed by atoms with E-state index in [4.69, 9.17) is 0 Å². The third-order valence-corrected chi connectivity index (χ3v) is 6.03. The summed E-state index contributed by atoms with van der Waals surface area (Å²) >= 11 is 0. The first kappa shape index (κ1) is 21.6. The first-order chi connectivity index (χ1) is 16.6. The summed E-state index contributed by atoms with van der Waals surface area (Å²) in [7, 11) is 0. The largest absolute Gasteiger partial charge is 0.326 e. The SMILES string of the molecule is O=C(CCCc1nc2ccccc2c(=O)[nH]1)Nc1ccc(C(=O)N2CCc3ccccc32)cc1. The summed E-state index contributed by atoms with van der Waals surface area (Å²) < 4.78 is 0. The number of aromatic nitrogens is 2. The van der Waals surface area contributed by atoms with Crippen LogP contribution in [-0.4, -0.2) is 28.3 Å². The number of hydrogen-bond donors (Lipinski definition) is 2. The fourth-order valence-corrected chi connectivity index (χ4v) is 4.29. The Morgan fingerprint density at radius 2 is 1.74 bits per heavy atom. The van der Waals surface area contributed by atoms with Crippen LogP contribution in [-0.2, 0) is 17.6 Å². The predicted molar refractivity (Wildman–Crippen MR) is 132 cm³/mol. The molecule has 2 amide bonds. The number of nitrogens with zero attached hydrogens (tertiary/aromatic N) is 2. The molecule has 0 spiro atoms. The second kappa shape index (κ2) is 9.31. The number of amides is 2. The van der Waals surface area contributed by atoms with E-state index < -0.39 is 0 Å². The molecular formula is C27H24N4O3. The van der Waals surface area contributed by atoms with Crippen LogP contribution in [0.25, 0.3) is 10.9 Å². The van der Waals surface area contributed by atoms with Crippen LogP contribution in [0.4, 0.5) is 11.4 Å². The van der Waals surface area contributed by atoms with Gasteiger partial charge in [-0.3, -0.25) is 14.4 Å². The maximum absolute atomic E-state index is 12.9. The lowest BCUT2D eigenvalue weighted by Crippen LogP contribution is -2.28. The van der Waals surface area contributed by atoms with Crippen molar-refractivity contribution in [1.29, 1.82) is 0 Å². The number of anilines is 2. The Bertz CT molecular complexity index is 1430. The summed E-state index contributed by atoms with van der Waals surface area (Å²) in [5.41, 5.74) is 3.85. The number of fused-ring (bicyclic) bond motifs is 2. The molecule has 1 aliphatic rings. The summed E-state index contributed by atoms with van der Waals surface area (Å²) in [5.74, 6) is 0.401. The van der Waals surface area contributed by atoms with Crippen molar-refractivity contribution >= 4 is 34.1 Å². The molecule has 3 aromatic carbocycles. The standard InChI is InChI=1S/C27H24N4O3/c32-25(11-5-10-24-29-22-8-3-2-7-21(22)26(33)30-24)28-20-14-12-19(13-15-20)27(34)31-17-16-18-6-1-4-9-23(18)31/h1-4,6-9,12-15H,5,10-11,16-17H2,(H,28,32)(H,29,30,33). The summed E-state index contributed by atoms with van der Waals surface area (Å²) in [6.07, 6.45) is 2.21. The van der Waals surface area contributed by atoms with Gasteiger partial charge in [-0.05, 0) is 60.9 Å². The molecule has 1 aliphatic heterocycles. The fourth-order valence-electron chi connectivity index (χ4n) is 4.29. The second-order valence-electron chi connectivity index (χ2n) is 8.34. The molecule has 0 atom stereocenters. The Labute approximate surface area is 196 Å². The van der Waals surface area contributed by atoms with E-state index in [9.17, 15) is 14.4 Å². The van der Waals surface area contributed by atoms with Gasteiger partial charge in [0, 0.05) is 36.3 Å². The Hall–Kier alpha value is -4.26. The average Bonchev–Trinajstić information content (AvgIpc) is 3.28. The minimum atomic E-state index is -0.169. The molecule has 7 heteroatoms. The average molecular weight is 453 g/mol. The van der Waals surface area contributed by atoms with Crippen molar-refractivity contribution < 1.29 is 9.59 Å². The van der Waals surface area contributed by atoms with Gasteiger partial charge in [-0.25, -0.2) is 4.98 Å². The molecule has 0 saturated heterocycles. The molecule has 0 aliphatic carbocycles. The number of benzene rings is 3. The quantitative estimate of drug-likeness (QED) is 0.461. The Morgan fingerprint density at radius 3 is 2.59 bits per heavy atom. The van der Waals surface area contributed by atoms with Crippen LogP contribution in [0, 0.1) is 0 Å².